The number of carbonyl (C=O) groups excluding carboxylic acids is 1. The Bertz CT molecular complexity index is 694. The van der Waals surface area contributed by atoms with Crippen LogP contribution in [-0.2, 0) is 14.6 Å². The summed E-state index contributed by atoms with van der Waals surface area (Å²) in [5, 5.41) is 11.6. The number of amides is 1. The zero-order chi connectivity index (χ0) is 14.6. The van der Waals surface area contributed by atoms with Gasteiger partial charge in [0.2, 0.25) is 5.91 Å². The minimum Gasteiger partial charge on any atom is -0.508 e. The third-order valence-corrected chi connectivity index (χ3v) is 4.21. The summed E-state index contributed by atoms with van der Waals surface area (Å²) in [6.07, 6.45) is 0. The highest BCUT2D eigenvalue weighted by Crippen LogP contribution is 2.16. The van der Waals surface area contributed by atoms with Crippen LogP contribution >= 0.6 is 0 Å². The highest BCUT2D eigenvalue weighted by Gasteiger charge is 2.19. The minimum absolute atomic E-state index is 0.00138. The number of nitrogens with one attached hydrogen (secondary N) is 1. The number of rotatable bonds is 4. The van der Waals surface area contributed by atoms with Crippen molar-refractivity contribution in [2.75, 3.05) is 11.1 Å². The van der Waals surface area contributed by atoms with Crippen molar-refractivity contribution in [2.24, 2.45) is 0 Å². The highest BCUT2D eigenvalue weighted by atomic mass is 32.2. The molecule has 20 heavy (non-hydrogen) atoms. The Hall–Kier alpha value is -2.34. The van der Waals surface area contributed by atoms with Gasteiger partial charge >= 0.3 is 0 Å². The second-order valence-corrected chi connectivity index (χ2v) is 6.16. The summed E-state index contributed by atoms with van der Waals surface area (Å²) in [6, 6.07) is 13.7. The number of para-hydroxylation sites is 1. The smallest absolute Gasteiger partial charge is 0.239 e. The van der Waals surface area contributed by atoms with Crippen molar-refractivity contribution in [3.8, 4) is 5.75 Å². The molecule has 0 fully saturated rings. The maximum absolute atomic E-state index is 12.0. The second-order valence-electron chi connectivity index (χ2n) is 4.17. The predicted octanol–water partition coefficient (Wildman–Crippen LogP) is 1.80. The number of aromatic hydroxyl groups is 1. The zero-order valence-corrected chi connectivity index (χ0v) is 11.3. The van der Waals surface area contributed by atoms with Gasteiger partial charge in [0.25, 0.3) is 0 Å². The molecule has 6 heteroatoms. The zero-order valence-electron chi connectivity index (χ0n) is 10.5. The van der Waals surface area contributed by atoms with Gasteiger partial charge in [-0.2, -0.15) is 0 Å². The Morgan fingerprint density at radius 2 is 1.60 bits per heavy atom. The van der Waals surface area contributed by atoms with Crippen LogP contribution in [0, 0.1) is 0 Å². The Labute approximate surface area is 116 Å². The Kier molecular flexibility index (Phi) is 4.05. The summed E-state index contributed by atoms with van der Waals surface area (Å²) >= 11 is 0. The van der Waals surface area contributed by atoms with Crippen LogP contribution in [-0.4, -0.2) is 25.2 Å². The number of phenolic OH excluding ortho intramolecular Hbond substituents is 1. The van der Waals surface area contributed by atoms with Crippen molar-refractivity contribution in [1.82, 2.24) is 0 Å². The van der Waals surface area contributed by atoms with E-state index in [-0.39, 0.29) is 10.6 Å². The fourth-order valence-corrected chi connectivity index (χ4v) is 2.76. The summed E-state index contributed by atoms with van der Waals surface area (Å²) in [4.78, 5) is 11.7. The number of hydrogen-bond acceptors (Lipinski definition) is 4. The van der Waals surface area contributed by atoms with Gasteiger partial charge in [-0.3, -0.25) is 4.79 Å². The molecule has 0 aliphatic heterocycles. The van der Waals surface area contributed by atoms with E-state index in [1.54, 1.807) is 30.3 Å². The first-order valence-corrected chi connectivity index (χ1v) is 7.49. The summed E-state index contributed by atoms with van der Waals surface area (Å²) < 4.78 is 24.0. The molecule has 0 saturated heterocycles. The van der Waals surface area contributed by atoms with Gasteiger partial charge in [0, 0.05) is 5.69 Å². The molecule has 2 rings (SSSR count). The van der Waals surface area contributed by atoms with Crippen LogP contribution in [0.15, 0.2) is 59.5 Å². The van der Waals surface area contributed by atoms with Gasteiger partial charge in [-0.05, 0) is 36.4 Å². The summed E-state index contributed by atoms with van der Waals surface area (Å²) in [6.45, 7) is 0. The Morgan fingerprint density at radius 1 is 1.00 bits per heavy atom. The maximum Gasteiger partial charge on any atom is 0.239 e. The maximum atomic E-state index is 12.0. The standard InChI is InChI=1S/C14H13NO4S/c16-12-6-8-13(9-7-12)20(18,19)10-14(17)15-11-4-2-1-3-5-11/h1-9,16H,10H2,(H,15,17). The number of carbonyl (C=O) groups is 1. The van der Waals surface area contributed by atoms with Crippen LogP contribution in [0.4, 0.5) is 5.69 Å². The lowest BCUT2D eigenvalue weighted by Gasteiger charge is -2.06. The fraction of sp³-hybridized carbons (Fsp3) is 0.0714. The molecule has 0 saturated carbocycles. The summed E-state index contributed by atoms with van der Waals surface area (Å²) in [5.41, 5.74) is 0.540. The first-order chi connectivity index (χ1) is 9.47. The highest BCUT2D eigenvalue weighted by molar-refractivity contribution is 7.92. The number of phenols is 1. The largest absolute Gasteiger partial charge is 0.508 e. The van der Waals surface area contributed by atoms with E-state index in [2.05, 4.69) is 5.32 Å². The van der Waals surface area contributed by atoms with E-state index < -0.39 is 21.5 Å². The third-order valence-electron chi connectivity index (χ3n) is 2.57. The quantitative estimate of drug-likeness (QED) is 0.899. The number of benzene rings is 2. The molecule has 0 spiro atoms. The molecule has 2 aromatic rings. The van der Waals surface area contributed by atoms with Crippen LogP contribution in [0.25, 0.3) is 0 Å². The summed E-state index contributed by atoms with van der Waals surface area (Å²) in [5.74, 6) is -1.28. The normalized spacial score (nSPS) is 11.0. The van der Waals surface area contributed by atoms with E-state index >= 15 is 0 Å². The van der Waals surface area contributed by atoms with Gasteiger partial charge in [-0.25, -0.2) is 8.42 Å². The van der Waals surface area contributed by atoms with Crippen molar-refractivity contribution < 1.29 is 18.3 Å². The summed E-state index contributed by atoms with van der Waals surface area (Å²) in [7, 11) is -3.72. The number of anilines is 1. The molecular formula is C14H13NO4S. The molecule has 0 heterocycles. The van der Waals surface area contributed by atoms with Gasteiger partial charge in [-0.1, -0.05) is 18.2 Å². The lowest BCUT2D eigenvalue weighted by Crippen LogP contribution is -2.22. The SMILES string of the molecule is O=C(CS(=O)(=O)c1ccc(O)cc1)Nc1ccccc1. The molecule has 0 aliphatic rings. The van der Waals surface area contributed by atoms with Gasteiger partial charge < -0.3 is 10.4 Å². The molecule has 0 bridgehead atoms. The molecular weight excluding hydrogens is 278 g/mol. The van der Waals surface area contributed by atoms with Gasteiger partial charge in [0.05, 0.1) is 4.90 Å². The Morgan fingerprint density at radius 3 is 2.20 bits per heavy atom. The molecule has 0 radical (unpaired) electrons. The molecule has 104 valence electrons. The van der Waals surface area contributed by atoms with Crippen molar-refractivity contribution in [3.05, 3.63) is 54.6 Å². The lowest BCUT2D eigenvalue weighted by molar-refractivity contribution is -0.113. The average Bonchev–Trinajstić information content (AvgIpc) is 2.39. The first kappa shape index (κ1) is 14.1. The van der Waals surface area contributed by atoms with Gasteiger partial charge in [-0.15, -0.1) is 0 Å². The van der Waals surface area contributed by atoms with Crippen LogP contribution in [0.5, 0.6) is 5.75 Å². The van der Waals surface area contributed by atoms with Gasteiger partial charge in [0.1, 0.15) is 11.5 Å². The second kappa shape index (κ2) is 5.75. The molecule has 0 aliphatic carbocycles. The molecule has 0 unspecified atom stereocenters. The van der Waals surface area contributed by atoms with E-state index in [0.717, 1.165) is 0 Å². The van der Waals surface area contributed by atoms with Crippen LogP contribution < -0.4 is 5.32 Å². The van der Waals surface area contributed by atoms with E-state index in [9.17, 15) is 13.2 Å². The van der Waals surface area contributed by atoms with E-state index in [0.29, 0.717) is 5.69 Å². The molecule has 2 aromatic carbocycles. The number of hydrogen-bond donors (Lipinski definition) is 2. The Balaban J connectivity index is 2.08. The lowest BCUT2D eigenvalue weighted by atomic mass is 10.3. The van der Waals surface area contributed by atoms with Gasteiger partial charge in [0.15, 0.2) is 9.84 Å². The monoisotopic (exact) mass is 291 g/mol. The molecule has 0 aromatic heterocycles. The van der Waals surface area contributed by atoms with Crippen molar-refractivity contribution in [2.45, 2.75) is 4.90 Å². The molecule has 0 atom stereocenters. The first-order valence-electron chi connectivity index (χ1n) is 5.84. The molecule has 5 nitrogen and oxygen atoms in total. The number of sulfone groups is 1. The van der Waals surface area contributed by atoms with Crippen molar-refractivity contribution >= 4 is 21.4 Å². The molecule has 1 amide bonds. The van der Waals surface area contributed by atoms with E-state index in [4.69, 9.17) is 5.11 Å². The van der Waals surface area contributed by atoms with Crippen LogP contribution in [0.3, 0.4) is 0 Å². The van der Waals surface area contributed by atoms with Crippen LogP contribution in [0.1, 0.15) is 0 Å². The molecule has 2 N–H and O–H groups in total. The fourth-order valence-electron chi connectivity index (χ4n) is 1.63. The minimum atomic E-state index is -3.72. The van der Waals surface area contributed by atoms with E-state index in [1.165, 1.54) is 24.3 Å². The predicted molar refractivity (Wildman–Crippen MR) is 75.2 cm³/mol. The van der Waals surface area contributed by atoms with Crippen molar-refractivity contribution in [1.29, 1.82) is 0 Å². The topological polar surface area (TPSA) is 83.5 Å². The third kappa shape index (κ3) is 3.58. The average molecular weight is 291 g/mol. The van der Waals surface area contributed by atoms with Crippen LogP contribution in [0.2, 0.25) is 0 Å². The van der Waals surface area contributed by atoms with Crippen molar-refractivity contribution in [3.63, 3.8) is 0 Å². The van der Waals surface area contributed by atoms with E-state index in [1.807, 2.05) is 0 Å².